The summed E-state index contributed by atoms with van der Waals surface area (Å²) in [5, 5.41) is 4.74. The number of benzene rings is 2. The Kier molecular flexibility index (Phi) is 4.94. The molecule has 0 bridgehead atoms. The largest absolute Gasteiger partial charge is 0.467 e. The average molecular weight is 297 g/mol. The van der Waals surface area contributed by atoms with Crippen molar-refractivity contribution in [1.82, 2.24) is 5.32 Å². The van der Waals surface area contributed by atoms with Crippen LogP contribution in [0.5, 0.6) is 0 Å². The molecule has 114 valence electrons. The number of methoxy groups -OCH3 is 1. The zero-order valence-electron chi connectivity index (χ0n) is 12.8. The van der Waals surface area contributed by atoms with E-state index >= 15 is 0 Å². The molecule has 0 saturated heterocycles. The number of amides is 1. The highest BCUT2D eigenvalue weighted by atomic mass is 16.5. The zero-order valence-corrected chi connectivity index (χ0v) is 12.8. The number of esters is 1. The Balaban J connectivity index is 2.20. The third-order valence-corrected chi connectivity index (χ3v) is 3.36. The van der Waals surface area contributed by atoms with Crippen LogP contribution in [0, 0.1) is 0 Å². The van der Waals surface area contributed by atoms with Crippen molar-refractivity contribution in [1.29, 1.82) is 0 Å². The highest BCUT2D eigenvalue weighted by Gasteiger charge is 2.22. The molecule has 0 aromatic heterocycles. The zero-order chi connectivity index (χ0) is 16.1. The predicted octanol–water partition coefficient (Wildman–Crippen LogP) is 3.08. The Bertz CT molecular complexity index is 721. The summed E-state index contributed by atoms with van der Waals surface area (Å²) in [5.41, 5.74) is 1.31. The number of hydrogen-bond donors (Lipinski definition) is 1. The number of hydrogen-bond acceptors (Lipinski definition) is 3. The summed E-state index contributed by atoms with van der Waals surface area (Å²) in [7, 11) is 1.30. The topological polar surface area (TPSA) is 55.4 Å². The summed E-state index contributed by atoms with van der Waals surface area (Å²) < 4.78 is 4.73. The van der Waals surface area contributed by atoms with Crippen molar-refractivity contribution in [2.45, 2.75) is 19.4 Å². The first-order valence-electron chi connectivity index (χ1n) is 7.03. The van der Waals surface area contributed by atoms with Crippen molar-refractivity contribution in [3.8, 4) is 0 Å². The molecule has 2 aromatic carbocycles. The summed E-state index contributed by atoms with van der Waals surface area (Å²) in [5.74, 6) is -0.778. The molecule has 1 N–H and O–H groups in total. The van der Waals surface area contributed by atoms with Crippen LogP contribution in [0.25, 0.3) is 10.8 Å². The van der Waals surface area contributed by atoms with Crippen LogP contribution in [0.2, 0.25) is 0 Å². The number of carbonyl (C=O) groups excluding carboxylic acids is 2. The van der Waals surface area contributed by atoms with E-state index < -0.39 is 12.0 Å². The molecule has 2 aromatic rings. The van der Waals surface area contributed by atoms with Crippen LogP contribution in [0.3, 0.4) is 0 Å². The third kappa shape index (κ3) is 3.73. The average Bonchev–Trinajstić information content (AvgIpc) is 2.52. The summed E-state index contributed by atoms with van der Waals surface area (Å²) in [4.78, 5) is 24.1. The van der Waals surface area contributed by atoms with Crippen molar-refractivity contribution < 1.29 is 14.3 Å². The fourth-order valence-corrected chi connectivity index (χ4v) is 2.26. The minimum atomic E-state index is -0.721. The van der Waals surface area contributed by atoms with Gasteiger partial charge in [0.2, 0.25) is 0 Å². The van der Waals surface area contributed by atoms with E-state index in [-0.39, 0.29) is 5.91 Å². The molecule has 0 radical (unpaired) electrons. The Morgan fingerprint density at radius 1 is 1.18 bits per heavy atom. The Morgan fingerprint density at radius 3 is 2.50 bits per heavy atom. The monoisotopic (exact) mass is 297 g/mol. The van der Waals surface area contributed by atoms with Gasteiger partial charge in [0.1, 0.15) is 6.04 Å². The second kappa shape index (κ2) is 6.89. The Labute approximate surface area is 129 Å². The highest BCUT2D eigenvalue weighted by Crippen LogP contribution is 2.16. The molecular formula is C18H19NO3. The van der Waals surface area contributed by atoms with Gasteiger partial charge in [-0.25, -0.2) is 4.79 Å². The molecule has 2 rings (SSSR count). The maximum atomic E-state index is 12.4. The molecule has 22 heavy (non-hydrogen) atoms. The van der Waals surface area contributed by atoms with E-state index in [1.54, 1.807) is 19.1 Å². The summed E-state index contributed by atoms with van der Waals surface area (Å²) >= 11 is 0. The Morgan fingerprint density at radius 2 is 1.86 bits per heavy atom. The fourth-order valence-electron chi connectivity index (χ4n) is 2.26. The molecule has 0 heterocycles. The van der Waals surface area contributed by atoms with Gasteiger partial charge in [-0.1, -0.05) is 35.9 Å². The van der Waals surface area contributed by atoms with Crippen molar-refractivity contribution in [3.05, 3.63) is 60.2 Å². The standard InChI is InChI=1S/C18H19NO3/c1-12(2)10-16(18(21)22-3)19-17(20)15-9-8-13-6-4-5-7-14(13)11-15/h4-9,11,16H,1,10H2,2-3H3,(H,19,20)/t16-/m0/s1. The number of nitrogens with one attached hydrogen (secondary N) is 1. The smallest absolute Gasteiger partial charge is 0.328 e. The molecular weight excluding hydrogens is 278 g/mol. The van der Waals surface area contributed by atoms with E-state index in [1.165, 1.54) is 7.11 Å². The van der Waals surface area contributed by atoms with Gasteiger partial charge in [-0.05, 0) is 36.2 Å². The molecule has 0 aliphatic heterocycles. The van der Waals surface area contributed by atoms with Crippen molar-refractivity contribution in [2.24, 2.45) is 0 Å². The van der Waals surface area contributed by atoms with E-state index in [9.17, 15) is 9.59 Å². The first kappa shape index (κ1) is 15.8. The molecule has 0 aliphatic rings. The second-order valence-electron chi connectivity index (χ2n) is 5.27. The SMILES string of the molecule is C=C(C)C[C@H](NC(=O)c1ccc2ccccc2c1)C(=O)OC. The minimum Gasteiger partial charge on any atom is -0.467 e. The third-order valence-electron chi connectivity index (χ3n) is 3.36. The van der Waals surface area contributed by atoms with Crippen LogP contribution in [0.4, 0.5) is 0 Å². The molecule has 1 amide bonds. The molecule has 0 fully saturated rings. The van der Waals surface area contributed by atoms with E-state index in [4.69, 9.17) is 4.74 Å². The van der Waals surface area contributed by atoms with Crippen LogP contribution in [-0.2, 0) is 9.53 Å². The first-order chi connectivity index (χ1) is 10.5. The van der Waals surface area contributed by atoms with Gasteiger partial charge in [0, 0.05) is 5.56 Å². The molecule has 0 spiro atoms. The van der Waals surface area contributed by atoms with E-state index in [2.05, 4.69) is 11.9 Å². The molecule has 0 aliphatic carbocycles. The van der Waals surface area contributed by atoms with Crippen LogP contribution < -0.4 is 5.32 Å². The second-order valence-corrected chi connectivity index (χ2v) is 5.27. The van der Waals surface area contributed by atoms with Crippen LogP contribution >= 0.6 is 0 Å². The van der Waals surface area contributed by atoms with Crippen LogP contribution in [-0.4, -0.2) is 25.0 Å². The molecule has 0 unspecified atom stereocenters. The van der Waals surface area contributed by atoms with E-state index in [0.29, 0.717) is 12.0 Å². The lowest BCUT2D eigenvalue weighted by molar-refractivity contribution is -0.142. The predicted molar refractivity (Wildman–Crippen MR) is 86.6 cm³/mol. The van der Waals surface area contributed by atoms with Crippen molar-refractivity contribution in [3.63, 3.8) is 0 Å². The van der Waals surface area contributed by atoms with Gasteiger partial charge in [0.25, 0.3) is 5.91 Å². The highest BCUT2D eigenvalue weighted by molar-refractivity contribution is 6.00. The molecule has 4 nitrogen and oxygen atoms in total. The molecule has 1 atom stereocenters. The number of ether oxygens (including phenoxy) is 1. The lowest BCUT2D eigenvalue weighted by atomic mass is 10.1. The summed E-state index contributed by atoms with van der Waals surface area (Å²) in [6, 6.07) is 12.5. The summed E-state index contributed by atoms with van der Waals surface area (Å²) in [6.07, 6.45) is 0.353. The fraction of sp³-hybridized carbons (Fsp3) is 0.222. The molecule has 4 heteroatoms. The normalized spacial score (nSPS) is 11.7. The number of rotatable bonds is 5. The quantitative estimate of drug-likeness (QED) is 0.681. The van der Waals surface area contributed by atoms with Gasteiger partial charge in [-0.2, -0.15) is 0 Å². The number of fused-ring (bicyclic) bond motifs is 1. The van der Waals surface area contributed by atoms with Gasteiger partial charge >= 0.3 is 5.97 Å². The Hall–Kier alpha value is -2.62. The maximum Gasteiger partial charge on any atom is 0.328 e. The van der Waals surface area contributed by atoms with Crippen molar-refractivity contribution >= 4 is 22.6 Å². The lowest BCUT2D eigenvalue weighted by Crippen LogP contribution is -2.41. The number of carbonyl (C=O) groups is 2. The minimum absolute atomic E-state index is 0.303. The maximum absolute atomic E-state index is 12.4. The van der Waals surface area contributed by atoms with Gasteiger partial charge in [-0.15, -0.1) is 6.58 Å². The van der Waals surface area contributed by atoms with Gasteiger partial charge in [0.15, 0.2) is 0 Å². The first-order valence-corrected chi connectivity index (χ1v) is 7.03. The van der Waals surface area contributed by atoms with E-state index in [0.717, 1.165) is 16.3 Å². The van der Waals surface area contributed by atoms with Crippen molar-refractivity contribution in [2.75, 3.05) is 7.11 Å². The summed E-state index contributed by atoms with van der Waals surface area (Å²) in [6.45, 7) is 5.58. The van der Waals surface area contributed by atoms with E-state index in [1.807, 2.05) is 30.3 Å². The van der Waals surface area contributed by atoms with Gasteiger partial charge < -0.3 is 10.1 Å². The lowest BCUT2D eigenvalue weighted by Gasteiger charge is -2.16. The van der Waals surface area contributed by atoms with Crippen LogP contribution in [0.15, 0.2) is 54.6 Å². The van der Waals surface area contributed by atoms with Gasteiger partial charge in [-0.3, -0.25) is 4.79 Å². The van der Waals surface area contributed by atoms with Crippen LogP contribution in [0.1, 0.15) is 23.7 Å². The van der Waals surface area contributed by atoms with Gasteiger partial charge in [0.05, 0.1) is 7.11 Å². The molecule has 0 saturated carbocycles.